The summed E-state index contributed by atoms with van der Waals surface area (Å²) in [6.07, 6.45) is 4.26. The van der Waals surface area contributed by atoms with Crippen LogP contribution in [0.4, 0.5) is 0 Å². The van der Waals surface area contributed by atoms with Crippen molar-refractivity contribution < 1.29 is 47.9 Å². The van der Waals surface area contributed by atoms with Gasteiger partial charge in [0.05, 0.1) is 13.0 Å². The standard InChI is InChI=1S/C48H75N13O10S2/c1-27(2)21-31-41(66)57-32(22-29-13-7-5-8-14-29)43(68)60-39(28(3)4)45(70)58-33(23-36(49)62)42(67)59-34(26-72-73-48(24-38(64)55-31)17-9-6-10-18-48)46(71)61-20-12-16-35(61)44(69)56-30(15-11-19-53-47(51)52)40(65)54-25-37(50)63/h5,7-8,13-14,27-28,30-35,39H,6,9-12,15-26H2,1-4H3,(H2,49,62)(H2,50,63)(H,54,65)(H,55,64)(H,56,69)(H,57,66)(H,58,70)(H,59,67)(H,60,68)(H4,51,52,53)/t30-,31+,32-,33-,34-,35-,39-/m0/s1. The Morgan fingerprint density at radius 3 is 2.08 bits per heavy atom. The van der Waals surface area contributed by atoms with Crippen molar-refractivity contribution in [1.82, 2.24) is 42.1 Å². The zero-order valence-corrected chi connectivity index (χ0v) is 43.8. The van der Waals surface area contributed by atoms with Crippen LogP contribution in [0.3, 0.4) is 0 Å². The van der Waals surface area contributed by atoms with Gasteiger partial charge in [-0.2, -0.15) is 0 Å². The van der Waals surface area contributed by atoms with Gasteiger partial charge in [0.15, 0.2) is 5.96 Å². The highest BCUT2D eigenvalue weighted by molar-refractivity contribution is 8.77. The number of aliphatic imine (C=N–C) groups is 1. The number of nitrogens with zero attached hydrogens (tertiary/aromatic N) is 2. The summed E-state index contributed by atoms with van der Waals surface area (Å²) in [5, 5.41) is 18.9. The highest BCUT2D eigenvalue weighted by atomic mass is 33.1. The molecule has 4 rings (SSSR count). The maximum Gasteiger partial charge on any atom is 0.246 e. The van der Waals surface area contributed by atoms with E-state index in [1.807, 2.05) is 13.8 Å². The third kappa shape index (κ3) is 19.4. The SMILES string of the molecule is CC(C)C[C@H]1NC(=O)CC2(CCCCC2)SSC[C@@H](C(=O)N2CCC[C@H]2C(=O)N[C@@H](CCCN=C(N)N)C(=O)NCC(N)=O)NC(=O)[C@H](CC(N)=O)NC(=O)[C@H](C(C)C)NC(=O)[C@H](Cc2ccccc2)NC1=O. The highest BCUT2D eigenvalue weighted by Crippen LogP contribution is 2.48. The lowest BCUT2D eigenvalue weighted by Gasteiger charge is -2.37. The third-order valence-corrected chi connectivity index (χ3v) is 16.1. The van der Waals surface area contributed by atoms with Gasteiger partial charge in [0.1, 0.15) is 42.3 Å². The van der Waals surface area contributed by atoms with Crippen molar-refractivity contribution in [2.75, 3.05) is 25.4 Å². The Kier molecular flexibility index (Phi) is 23.6. The molecule has 7 atom stereocenters. The van der Waals surface area contributed by atoms with Crippen LogP contribution in [0.2, 0.25) is 0 Å². The normalized spacial score (nSPS) is 24.0. The van der Waals surface area contributed by atoms with Crippen LogP contribution in [0.5, 0.6) is 0 Å². The molecule has 3 aliphatic rings. The van der Waals surface area contributed by atoms with Gasteiger partial charge in [-0.3, -0.25) is 52.9 Å². The van der Waals surface area contributed by atoms with Gasteiger partial charge in [-0.05, 0) is 62.3 Å². The smallest absolute Gasteiger partial charge is 0.246 e. The summed E-state index contributed by atoms with van der Waals surface area (Å²) in [6, 6.07) is 0.0834. The lowest BCUT2D eigenvalue weighted by Crippen LogP contribution is -2.61. The average molecular weight is 1060 g/mol. The summed E-state index contributed by atoms with van der Waals surface area (Å²) in [4.78, 5) is 143. The van der Waals surface area contributed by atoms with Gasteiger partial charge in [0.2, 0.25) is 59.1 Å². The Morgan fingerprint density at radius 1 is 0.795 bits per heavy atom. The maximum atomic E-state index is 14.8. The number of carbonyl (C=O) groups excluding carboxylic acids is 10. The molecule has 23 nitrogen and oxygen atoms in total. The third-order valence-electron chi connectivity index (χ3n) is 12.7. The van der Waals surface area contributed by atoms with Gasteiger partial charge in [-0.25, -0.2) is 0 Å². The fraction of sp³-hybridized carbons (Fsp3) is 0.646. The van der Waals surface area contributed by atoms with E-state index >= 15 is 0 Å². The number of hydrogen-bond donors (Lipinski definition) is 11. The number of guanidine groups is 1. The number of carbonyl (C=O) groups is 10. The number of nitrogens with two attached hydrogens (primary N) is 4. The Bertz CT molecular complexity index is 2160. The molecule has 0 unspecified atom stereocenters. The van der Waals surface area contributed by atoms with Crippen molar-refractivity contribution in [1.29, 1.82) is 0 Å². The predicted octanol–water partition coefficient (Wildman–Crippen LogP) is -1.15. The Hall–Kier alpha value is -6.11. The van der Waals surface area contributed by atoms with E-state index in [1.165, 1.54) is 26.5 Å². The first-order valence-electron chi connectivity index (χ1n) is 24.9. The summed E-state index contributed by atoms with van der Waals surface area (Å²) in [5.41, 5.74) is 22.5. The van der Waals surface area contributed by atoms with E-state index in [2.05, 4.69) is 42.2 Å². The summed E-state index contributed by atoms with van der Waals surface area (Å²) >= 11 is 0. The number of rotatable bonds is 17. The van der Waals surface area contributed by atoms with Gasteiger partial charge >= 0.3 is 0 Å². The van der Waals surface area contributed by atoms with E-state index in [9.17, 15) is 47.9 Å². The predicted molar refractivity (Wildman–Crippen MR) is 277 cm³/mol. The molecular formula is C48H75N13O10S2. The summed E-state index contributed by atoms with van der Waals surface area (Å²) < 4.78 is -0.657. The summed E-state index contributed by atoms with van der Waals surface area (Å²) in [5.74, 6) is -8.26. The van der Waals surface area contributed by atoms with Gasteiger partial charge in [0.25, 0.3) is 0 Å². The van der Waals surface area contributed by atoms with Crippen LogP contribution in [0.1, 0.15) is 110 Å². The first-order valence-corrected chi connectivity index (χ1v) is 27.3. The monoisotopic (exact) mass is 1060 g/mol. The van der Waals surface area contributed by atoms with E-state index in [-0.39, 0.29) is 75.2 Å². The van der Waals surface area contributed by atoms with Crippen LogP contribution in [0, 0.1) is 11.8 Å². The minimum absolute atomic E-state index is 0.0166. The van der Waals surface area contributed by atoms with E-state index in [1.54, 1.807) is 44.2 Å². The molecule has 1 spiro atoms. The number of benzene rings is 1. The zero-order chi connectivity index (χ0) is 53.8. The van der Waals surface area contributed by atoms with Crippen LogP contribution >= 0.6 is 21.6 Å². The topological polar surface area (TPSA) is 375 Å². The summed E-state index contributed by atoms with van der Waals surface area (Å²) in [6.45, 7) is 6.84. The van der Waals surface area contributed by atoms with Crippen LogP contribution in [-0.2, 0) is 54.4 Å². The number of likely N-dealkylation sites (tertiary alicyclic amines) is 1. The molecule has 25 heteroatoms. The second-order valence-corrected chi connectivity index (χ2v) is 22.5. The molecular weight excluding hydrogens is 983 g/mol. The van der Waals surface area contributed by atoms with Crippen LogP contribution in [0.15, 0.2) is 35.3 Å². The Morgan fingerprint density at radius 2 is 1.45 bits per heavy atom. The maximum absolute atomic E-state index is 14.8. The van der Waals surface area contributed by atoms with Gasteiger partial charge in [-0.1, -0.05) is 98.9 Å². The first kappa shape index (κ1) is 59.5. The first-order chi connectivity index (χ1) is 34.6. The fourth-order valence-electron chi connectivity index (χ4n) is 9.03. The average Bonchev–Trinajstić information content (AvgIpc) is 3.82. The molecule has 2 heterocycles. The van der Waals surface area contributed by atoms with Crippen LogP contribution in [-0.4, -0.2) is 142 Å². The molecule has 73 heavy (non-hydrogen) atoms. The largest absolute Gasteiger partial charge is 0.370 e. The van der Waals surface area contributed by atoms with Crippen molar-refractivity contribution in [2.24, 2.45) is 39.8 Å². The van der Waals surface area contributed by atoms with Gasteiger partial charge < -0.3 is 65.1 Å². The molecule has 1 aromatic rings. The number of nitrogens with one attached hydrogen (secondary N) is 7. The highest BCUT2D eigenvalue weighted by Gasteiger charge is 2.42. The van der Waals surface area contributed by atoms with Crippen molar-refractivity contribution in [2.45, 2.75) is 158 Å². The second-order valence-electron chi connectivity index (χ2n) is 19.7. The summed E-state index contributed by atoms with van der Waals surface area (Å²) in [7, 11) is 2.62. The Balaban J connectivity index is 1.73. The van der Waals surface area contributed by atoms with E-state index in [0.29, 0.717) is 24.8 Å². The minimum Gasteiger partial charge on any atom is -0.370 e. The number of hydrogen-bond acceptors (Lipinski definition) is 13. The van der Waals surface area contributed by atoms with Gasteiger partial charge in [0, 0.05) is 36.4 Å². The molecule has 1 aliphatic carbocycles. The van der Waals surface area contributed by atoms with Gasteiger partial charge in [-0.15, -0.1) is 0 Å². The van der Waals surface area contributed by atoms with Crippen molar-refractivity contribution in [3.05, 3.63) is 35.9 Å². The lowest BCUT2D eigenvalue weighted by atomic mass is 9.85. The lowest BCUT2D eigenvalue weighted by molar-refractivity contribution is -0.142. The molecule has 0 aromatic heterocycles. The van der Waals surface area contributed by atoms with Crippen molar-refractivity contribution >= 4 is 86.6 Å². The van der Waals surface area contributed by atoms with E-state index < -0.39 is 119 Å². The Labute approximate surface area is 434 Å². The molecule has 1 saturated carbocycles. The minimum atomic E-state index is -1.64. The molecule has 2 saturated heterocycles. The van der Waals surface area contributed by atoms with E-state index in [4.69, 9.17) is 22.9 Å². The van der Waals surface area contributed by atoms with Crippen molar-refractivity contribution in [3.8, 4) is 0 Å². The second kappa shape index (κ2) is 29.0. The zero-order valence-electron chi connectivity index (χ0n) is 42.2. The quantitative estimate of drug-likeness (QED) is 0.0380. The van der Waals surface area contributed by atoms with Crippen molar-refractivity contribution in [3.63, 3.8) is 0 Å². The molecule has 0 radical (unpaired) electrons. The number of amides is 10. The molecule has 0 bridgehead atoms. The molecule has 1 aromatic carbocycles. The molecule has 3 fully saturated rings. The molecule has 404 valence electrons. The number of primary amides is 2. The van der Waals surface area contributed by atoms with E-state index in [0.717, 1.165) is 19.3 Å². The molecule has 2 aliphatic heterocycles. The fourth-order valence-corrected chi connectivity index (χ4v) is 12.4. The molecule has 10 amide bonds. The van der Waals surface area contributed by atoms with Crippen LogP contribution < -0.4 is 60.2 Å². The molecule has 15 N–H and O–H groups in total. The van der Waals surface area contributed by atoms with Crippen LogP contribution in [0.25, 0.3) is 0 Å².